The third kappa shape index (κ3) is 7.04. The number of nitrogens with zero attached hydrogens (tertiary/aromatic N) is 3. The van der Waals surface area contributed by atoms with Crippen LogP contribution in [0.5, 0.6) is 5.75 Å². The van der Waals surface area contributed by atoms with Crippen molar-refractivity contribution in [3.8, 4) is 11.4 Å². The van der Waals surface area contributed by atoms with Gasteiger partial charge in [0, 0.05) is 16.8 Å². The summed E-state index contributed by atoms with van der Waals surface area (Å²) in [5, 5.41) is 11.8. The highest BCUT2D eigenvalue weighted by Crippen LogP contribution is 2.23. The van der Waals surface area contributed by atoms with Crippen LogP contribution < -0.4 is 10.1 Å². The molecule has 190 valence electrons. The van der Waals surface area contributed by atoms with Crippen LogP contribution >= 0.6 is 11.8 Å². The van der Waals surface area contributed by atoms with Crippen molar-refractivity contribution >= 4 is 23.5 Å². The fourth-order valence-corrected chi connectivity index (χ4v) is 4.36. The number of aromatic nitrogens is 3. The Balaban J connectivity index is 1.46. The molecule has 0 aliphatic carbocycles. The summed E-state index contributed by atoms with van der Waals surface area (Å²) in [6.45, 7) is 2.82. The van der Waals surface area contributed by atoms with Gasteiger partial charge in [-0.2, -0.15) is 0 Å². The molecule has 4 rings (SSSR count). The zero-order chi connectivity index (χ0) is 26.0. The number of carbonyl (C=O) groups excluding carboxylic acids is 2. The highest BCUT2D eigenvalue weighted by atomic mass is 32.2. The summed E-state index contributed by atoms with van der Waals surface area (Å²) < 4.78 is 20.9. The zero-order valence-electron chi connectivity index (χ0n) is 20.4. The SMILES string of the molecule is CCCCOc1ccc(C(=O)NCc2nnc(SCC(=O)c3ccccc3)n2-c2ccc(F)cc2)cc1. The summed E-state index contributed by atoms with van der Waals surface area (Å²) in [5.41, 5.74) is 1.72. The van der Waals surface area contributed by atoms with Gasteiger partial charge in [-0.25, -0.2) is 4.39 Å². The first-order valence-corrected chi connectivity index (χ1v) is 13.0. The van der Waals surface area contributed by atoms with Crippen LogP contribution in [0.25, 0.3) is 5.69 Å². The van der Waals surface area contributed by atoms with Crippen molar-refractivity contribution in [3.05, 3.63) is 102 Å². The molecule has 37 heavy (non-hydrogen) atoms. The molecule has 0 spiro atoms. The number of nitrogens with one attached hydrogen (secondary N) is 1. The molecule has 1 N–H and O–H groups in total. The summed E-state index contributed by atoms with van der Waals surface area (Å²) in [4.78, 5) is 25.3. The van der Waals surface area contributed by atoms with Gasteiger partial charge < -0.3 is 10.1 Å². The Labute approximate surface area is 219 Å². The molecule has 0 radical (unpaired) electrons. The summed E-state index contributed by atoms with van der Waals surface area (Å²) in [6.07, 6.45) is 2.02. The van der Waals surface area contributed by atoms with Gasteiger partial charge in [-0.1, -0.05) is 55.4 Å². The number of Topliss-reactive ketones (excluding diaryl/α,β-unsaturated/α-hetero) is 1. The van der Waals surface area contributed by atoms with Crippen LogP contribution in [-0.2, 0) is 6.54 Å². The van der Waals surface area contributed by atoms with Crippen LogP contribution in [0.15, 0.2) is 84.0 Å². The van der Waals surface area contributed by atoms with Crippen LogP contribution in [-0.4, -0.2) is 38.8 Å². The van der Waals surface area contributed by atoms with Crippen molar-refractivity contribution < 1.29 is 18.7 Å². The first-order valence-electron chi connectivity index (χ1n) is 12.0. The monoisotopic (exact) mass is 518 g/mol. The third-order valence-electron chi connectivity index (χ3n) is 5.50. The summed E-state index contributed by atoms with van der Waals surface area (Å²) in [5.74, 6) is 0.630. The lowest BCUT2D eigenvalue weighted by molar-refractivity contribution is 0.0948. The zero-order valence-corrected chi connectivity index (χ0v) is 21.2. The van der Waals surface area contributed by atoms with E-state index in [1.165, 1.54) is 23.9 Å². The van der Waals surface area contributed by atoms with Gasteiger partial charge in [-0.3, -0.25) is 14.2 Å². The highest BCUT2D eigenvalue weighted by molar-refractivity contribution is 7.99. The Bertz CT molecular complexity index is 1330. The standard InChI is InChI=1S/C28H27FN4O3S/c1-2-3-17-36-24-15-9-21(10-16-24)27(35)30-18-26-31-32-28(33(26)23-13-11-22(29)12-14-23)37-19-25(34)20-7-5-4-6-8-20/h4-16H,2-3,17-19H2,1H3,(H,30,35). The van der Waals surface area contributed by atoms with E-state index in [1.54, 1.807) is 53.1 Å². The third-order valence-corrected chi connectivity index (χ3v) is 6.43. The maximum Gasteiger partial charge on any atom is 0.251 e. The van der Waals surface area contributed by atoms with Gasteiger partial charge in [0.15, 0.2) is 16.8 Å². The number of unbranched alkanes of at least 4 members (excludes halogenated alkanes) is 1. The van der Waals surface area contributed by atoms with Crippen LogP contribution in [0.3, 0.4) is 0 Å². The Morgan fingerprint density at radius 2 is 1.68 bits per heavy atom. The van der Waals surface area contributed by atoms with E-state index < -0.39 is 0 Å². The minimum atomic E-state index is -0.373. The van der Waals surface area contributed by atoms with Crippen molar-refractivity contribution in [3.63, 3.8) is 0 Å². The maximum atomic E-state index is 13.6. The van der Waals surface area contributed by atoms with E-state index in [1.807, 2.05) is 18.2 Å². The van der Waals surface area contributed by atoms with Crippen LogP contribution in [0.2, 0.25) is 0 Å². The van der Waals surface area contributed by atoms with Crippen LogP contribution in [0, 0.1) is 5.82 Å². The second-order valence-electron chi connectivity index (χ2n) is 8.20. The molecule has 0 fully saturated rings. The molecular formula is C28H27FN4O3S. The number of halogens is 1. The number of carbonyl (C=O) groups is 2. The van der Waals surface area contributed by atoms with Crippen LogP contribution in [0.4, 0.5) is 4.39 Å². The van der Waals surface area contributed by atoms with E-state index in [-0.39, 0.29) is 29.8 Å². The van der Waals surface area contributed by atoms with E-state index in [0.717, 1.165) is 12.8 Å². The first-order chi connectivity index (χ1) is 18.0. The number of rotatable bonds is 12. The second-order valence-corrected chi connectivity index (χ2v) is 9.14. The molecule has 1 heterocycles. The quantitative estimate of drug-likeness (QED) is 0.152. The molecule has 9 heteroatoms. The fourth-order valence-electron chi connectivity index (χ4n) is 3.49. The largest absolute Gasteiger partial charge is 0.494 e. The first kappa shape index (κ1) is 26.1. The van der Waals surface area contributed by atoms with E-state index in [4.69, 9.17) is 4.74 Å². The summed E-state index contributed by atoms with van der Waals surface area (Å²) >= 11 is 1.23. The number of ether oxygens (including phenoxy) is 1. The molecule has 0 aliphatic heterocycles. The van der Waals surface area contributed by atoms with Gasteiger partial charge in [0.1, 0.15) is 11.6 Å². The lowest BCUT2D eigenvalue weighted by atomic mass is 10.2. The molecule has 3 aromatic carbocycles. The molecule has 4 aromatic rings. The minimum absolute atomic E-state index is 0.0452. The molecule has 0 atom stereocenters. The van der Waals surface area contributed by atoms with E-state index in [2.05, 4.69) is 22.4 Å². The lowest BCUT2D eigenvalue weighted by Crippen LogP contribution is -2.24. The number of amides is 1. The average Bonchev–Trinajstić information content (AvgIpc) is 3.34. The molecule has 0 unspecified atom stereocenters. The maximum absolute atomic E-state index is 13.6. The normalized spacial score (nSPS) is 10.8. The van der Waals surface area contributed by atoms with E-state index in [0.29, 0.717) is 40.2 Å². The Morgan fingerprint density at radius 1 is 0.946 bits per heavy atom. The van der Waals surface area contributed by atoms with Crippen molar-refractivity contribution in [1.82, 2.24) is 20.1 Å². The number of ketones is 1. The van der Waals surface area contributed by atoms with Gasteiger partial charge >= 0.3 is 0 Å². The fraction of sp³-hybridized carbons (Fsp3) is 0.214. The van der Waals surface area contributed by atoms with Crippen molar-refractivity contribution in [2.24, 2.45) is 0 Å². The summed E-state index contributed by atoms with van der Waals surface area (Å²) in [7, 11) is 0. The molecule has 0 saturated heterocycles. The van der Waals surface area contributed by atoms with E-state index >= 15 is 0 Å². The van der Waals surface area contributed by atoms with Gasteiger partial charge in [0.25, 0.3) is 5.91 Å². The van der Waals surface area contributed by atoms with E-state index in [9.17, 15) is 14.0 Å². The topological polar surface area (TPSA) is 86.1 Å². The minimum Gasteiger partial charge on any atom is -0.494 e. The highest BCUT2D eigenvalue weighted by Gasteiger charge is 2.18. The molecular weight excluding hydrogens is 491 g/mol. The van der Waals surface area contributed by atoms with Gasteiger partial charge in [-0.05, 0) is 55.0 Å². The molecule has 1 amide bonds. The van der Waals surface area contributed by atoms with Crippen molar-refractivity contribution in [2.45, 2.75) is 31.5 Å². The number of thioether (sulfide) groups is 1. The smallest absolute Gasteiger partial charge is 0.251 e. The van der Waals surface area contributed by atoms with Crippen molar-refractivity contribution in [2.75, 3.05) is 12.4 Å². The van der Waals surface area contributed by atoms with Gasteiger partial charge in [0.05, 0.1) is 18.9 Å². The molecule has 1 aromatic heterocycles. The van der Waals surface area contributed by atoms with Gasteiger partial charge in [-0.15, -0.1) is 10.2 Å². The summed E-state index contributed by atoms with van der Waals surface area (Å²) in [6, 6.07) is 21.8. The predicted molar refractivity (Wildman–Crippen MR) is 141 cm³/mol. The second kappa shape index (κ2) is 12.8. The Morgan fingerprint density at radius 3 is 2.38 bits per heavy atom. The Kier molecular flexibility index (Phi) is 9.04. The number of hydrogen-bond donors (Lipinski definition) is 1. The molecule has 7 nitrogen and oxygen atoms in total. The van der Waals surface area contributed by atoms with Crippen LogP contribution in [0.1, 0.15) is 46.3 Å². The Hall–Kier alpha value is -3.98. The average molecular weight is 519 g/mol. The number of hydrogen-bond acceptors (Lipinski definition) is 6. The molecule has 0 aliphatic rings. The predicted octanol–water partition coefficient (Wildman–Crippen LogP) is 5.49. The molecule has 0 bridgehead atoms. The number of benzene rings is 3. The van der Waals surface area contributed by atoms with Crippen molar-refractivity contribution in [1.29, 1.82) is 0 Å². The lowest BCUT2D eigenvalue weighted by Gasteiger charge is -2.11. The molecule has 0 saturated carbocycles. The van der Waals surface area contributed by atoms with Gasteiger partial charge in [0.2, 0.25) is 0 Å².